The van der Waals surface area contributed by atoms with Crippen LogP contribution in [0.15, 0.2) is 60.0 Å². The number of carbonyl (C=O) groups is 2. The molecule has 0 bridgehead atoms. The van der Waals surface area contributed by atoms with Crippen molar-refractivity contribution in [1.29, 1.82) is 0 Å². The predicted octanol–water partition coefficient (Wildman–Crippen LogP) is 4.35. The third-order valence-corrected chi connectivity index (χ3v) is 5.76. The molecule has 0 aliphatic carbocycles. The summed E-state index contributed by atoms with van der Waals surface area (Å²) >= 11 is 1.37. The summed E-state index contributed by atoms with van der Waals surface area (Å²) in [5.74, 6) is -0.398. The molecule has 0 atom stereocenters. The predicted molar refractivity (Wildman–Crippen MR) is 117 cm³/mol. The molecule has 1 aromatic heterocycles. The minimum atomic E-state index is -0.462. The van der Waals surface area contributed by atoms with E-state index in [1.54, 1.807) is 17.5 Å². The van der Waals surface area contributed by atoms with Crippen LogP contribution in [-0.2, 0) is 17.9 Å². The molecule has 0 radical (unpaired) electrons. The van der Waals surface area contributed by atoms with Crippen LogP contribution in [0.1, 0.15) is 44.8 Å². The SMILES string of the molecule is O=C(OCc1ccc(C(=O)N2CCCC2)cc1)c1csc(NCc2ccccc2)n1. The fourth-order valence-corrected chi connectivity index (χ4v) is 3.97. The maximum atomic E-state index is 12.4. The Morgan fingerprint density at radius 2 is 1.73 bits per heavy atom. The van der Waals surface area contributed by atoms with Crippen LogP contribution < -0.4 is 5.32 Å². The Bertz CT molecular complexity index is 996. The lowest BCUT2D eigenvalue weighted by molar-refractivity contribution is 0.0466. The summed E-state index contributed by atoms with van der Waals surface area (Å²) in [6, 6.07) is 17.2. The van der Waals surface area contributed by atoms with Crippen molar-refractivity contribution < 1.29 is 14.3 Å². The summed E-state index contributed by atoms with van der Waals surface area (Å²) in [6.45, 7) is 2.44. The molecule has 2 heterocycles. The number of thiazole rings is 1. The third-order valence-electron chi connectivity index (χ3n) is 4.96. The standard InChI is InChI=1S/C23H23N3O3S/c27-21(26-12-4-5-13-26)19-10-8-18(9-11-19)15-29-22(28)20-16-30-23(25-20)24-14-17-6-2-1-3-7-17/h1-3,6-11,16H,4-5,12-15H2,(H,24,25). The minimum Gasteiger partial charge on any atom is -0.456 e. The number of anilines is 1. The van der Waals surface area contributed by atoms with E-state index < -0.39 is 5.97 Å². The first-order valence-corrected chi connectivity index (χ1v) is 10.9. The molecule has 6 nitrogen and oxygen atoms in total. The first-order valence-electron chi connectivity index (χ1n) is 9.98. The molecule has 1 N–H and O–H groups in total. The van der Waals surface area contributed by atoms with Crippen molar-refractivity contribution in [3.05, 3.63) is 82.4 Å². The minimum absolute atomic E-state index is 0.0639. The quantitative estimate of drug-likeness (QED) is 0.575. The van der Waals surface area contributed by atoms with Gasteiger partial charge in [0.1, 0.15) is 6.61 Å². The lowest BCUT2D eigenvalue weighted by Gasteiger charge is -2.15. The number of aromatic nitrogens is 1. The van der Waals surface area contributed by atoms with Gasteiger partial charge in [-0.3, -0.25) is 4.79 Å². The van der Waals surface area contributed by atoms with Crippen LogP contribution in [0.25, 0.3) is 0 Å². The van der Waals surface area contributed by atoms with Gasteiger partial charge in [-0.2, -0.15) is 0 Å². The van der Waals surface area contributed by atoms with Gasteiger partial charge in [0.05, 0.1) is 0 Å². The van der Waals surface area contributed by atoms with Gasteiger partial charge < -0.3 is 15.0 Å². The molecule has 0 spiro atoms. The van der Waals surface area contributed by atoms with Crippen LogP contribution in [-0.4, -0.2) is 34.8 Å². The van der Waals surface area contributed by atoms with Crippen molar-refractivity contribution in [2.75, 3.05) is 18.4 Å². The lowest BCUT2D eigenvalue weighted by Crippen LogP contribution is -2.27. The zero-order valence-electron chi connectivity index (χ0n) is 16.5. The molecule has 0 saturated carbocycles. The molecule has 4 rings (SSSR count). The Hall–Kier alpha value is -3.19. The first kappa shape index (κ1) is 20.1. The maximum Gasteiger partial charge on any atom is 0.358 e. The van der Waals surface area contributed by atoms with E-state index >= 15 is 0 Å². The van der Waals surface area contributed by atoms with Gasteiger partial charge in [0.25, 0.3) is 5.91 Å². The second kappa shape index (κ2) is 9.54. The molecular formula is C23H23N3O3S. The van der Waals surface area contributed by atoms with Crippen molar-refractivity contribution in [2.45, 2.75) is 26.0 Å². The van der Waals surface area contributed by atoms with E-state index in [1.165, 1.54) is 11.3 Å². The van der Waals surface area contributed by atoms with E-state index in [4.69, 9.17) is 4.74 Å². The van der Waals surface area contributed by atoms with Crippen LogP contribution in [0.2, 0.25) is 0 Å². The number of hydrogen-bond acceptors (Lipinski definition) is 6. The second-order valence-corrected chi connectivity index (χ2v) is 8.01. The van der Waals surface area contributed by atoms with Crippen LogP contribution in [0, 0.1) is 0 Å². The number of carbonyl (C=O) groups excluding carboxylic acids is 2. The maximum absolute atomic E-state index is 12.4. The van der Waals surface area contributed by atoms with Crippen LogP contribution in [0.3, 0.4) is 0 Å². The number of likely N-dealkylation sites (tertiary alicyclic amines) is 1. The number of hydrogen-bond donors (Lipinski definition) is 1. The number of nitrogens with one attached hydrogen (secondary N) is 1. The molecule has 30 heavy (non-hydrogen) atoms. The molecule has 7 heteroatoms. The summed E-state index contributed by atoms with van der Waals surface area (Å²) in [5.41, 5.74) is 2.93. The molecule has 1 amide bonds. The van der Waals surface area contributed by atoms with Crippen LogP contribution in [0.4, 0.5) is 5.13 Å². The van der Waals surface area contributed by atoms with Crippen molar-refractivity contribution in [2.24, 2.45) is 0 Å². The average Bonchev–Trinajstić information content (AvgIpc) is 3.49. The van der Waals surface area contributed by atoms with E-state index in [0.717, 1.165) is 37.1 Å². The van der Waals surface area contributed by atoms with Gasteiger partial charge >= 0.3 is 5.97 Å². The van der Waals surface area contributed by atoms with E-state index in [9.17, 15) is 9.59 Å². The molecule has 154 valence electrons. The molecular weight excluding hydrogens is 398 g/mol. The third kappa shape index (κ3) is 5.04. The van der Waals surface area contributed by atoms with Crippen molar-refractivity contribution in [1.82, 2.24) is 9.88 Å². The van der Waals surface area contributed by atoms with E-state index in [1.807, 2.05) is 47.4 Å². The fraction of sp³-hybridized carbons (Fsp3) is 0.261. The summed E-state index contributed by atoms with van der Waals surface area (Å²) in [7, 11) is 0. The second-order valence-electron chi connectivity index (χ2n) is 7.15. The van der Waals surface area contributed by atoms with E-state index in [2.05, 4.69) is 10.3 Å². The van der Waals surface area contributed by atoms with Gasteiger partial charge in [-0.15, -0.1) is 11.3 Å². The fourth-order valence-electron chi connectivity index (χ4n) is 3.29. The van der Waals surface area contributed by atoms with Gasteiger partial charge in [-0.05, 0) is 36.1 Å². The number of nitrogens with zero attached hydrogens (tertiary/aromatic N) is 2. The normalized spacial score (nSPS) is 13.3. The van der Waals surface area contributed by atoms with E-state index in [0.29, 0.717) is 17.2 Å². The van der Waals surface area contributed by atoms with Crippen molar-refractivity contribution in [3.8, 4) is 0 Å². The number of esters is 1. The monoisotopic (exact) mass is 421 g/mol. The Balaban J connectivity index is 1.27. The number of benzene rings is 2. The molecule has 0 unspecified atom stereocenters. The summed E-state index contributed by atoms with van der Waals surface area (Å²) in [5, 5.41) is 5.58. The molecule has 1 aliphatic rings. The smallest absolute Gasteiger partial charge is 0.358 e. The largest absolute Gasteiger partial charge is 0.456 e. The Kier molecular flexibility index (Phi) is 6.39. The summed E-state index contributed by atoms with van der Waals surface area (Å²) in [4.78, 5) is 30.8. The number of amides is 1. The summed E-state index contributed by atoms with van der Waals surface area (Å²) < 4.78 is 5.37. The van der Waals surface area contributed by atoms with Gasteiger partial charge in [-0.1, -0.05) is 42.5 Å². The van der Waals surface area contributed by atoms with Crippen molar-refractivity contribution >= 4 is 28.3 Å². The Morgan fingerprint density at radius 3 is 2.47 bits per heavy atom. The van der Waals surface area contributed by atoms with Gasteiger partial charge in [0.15, 0.2) is 10.8 Å². The van der Waals surface area contributed by atoms with Crippen LogP contribution >= 0.6 is 11.3 Å². The highest BCUT2D eigenvalue weighted by molar-refractivity contribution is 7.13. The van der Waals surface area contributed by atoms with E-state index in [-0.39, 0.29) is 18.2 Å². The molecule has 3 aromatic rings. The molecule has 1 fully saturated rings. The van der Waals surface area contributed by atoms with Crippen LogP contribution in [0.5, 0.6) is 0 Å². The topological polar surface area (TPSA) is 71.5 Å². The highest BCUT2D eigenvalue weighted by atomic mass is 32.1. The van der Waals surface area contributed by atoms with Gasteiger partial charge in [0.2, 0.25) is 0 Å². The summed E-state index contributed by atoms with van der Waals surface area (Å²) in [6.07, 6.45) is 2.14. The molecule has 1 saturated heterocycles. The first-order chi connectivity index (χ1) is 14.7. The highest BCUT2D eigenvalue weighted by Gasteiger charge is 2.19. The Morgan fingerprint density at radius 1 is 1.00 bits per heavy atom. The van der Waals surface area contributed by atoms with Crippen molar-refractivity contribution in [3.63, 3.8) is 0 Å². The number of ether oxygens (including phenoxy) is 1. The van der Waals surface area contributed by atoms with Gasteiger partial charge in [0, 0.05) is 30.6 Å². The highest BCUT2D eigenvalue weighted by Crippen LogP contribution is 2.18. The lowest BCUT2D eigenvalue weighted by atomic mass is 10.1. The molecule has 1 aliphatic heterocycles. The molecule has 2 aromatic carbocycles. The van der Waals surface area contributed by atoms with Gasteiger partial charge in [-0.25, -0.2) is 9.78 Å². The number of rotatable bonds is 7. The average molecular weight is 422 g/mol. The zero-order valence-corrected chi connectivity index (χ0v) is 17.4. The zero-order chi connectivity index (χ0) is 20.8. The Labute approximate surface area is 179 Å².